The molecule has 1 aromatic carbocycles. The first-order valence-electron chi connectivity index (χ1n) is 6.03. The van der Waals surface area contributed by atoms with Gasteiger partial charge in [-0.1, -0.05) is 60.7 Å². The number of benzene rings is 1. The summed E-state index contributed by atoms with van der Waals surface area (Å²) in [6.45, 7) is 2.19. The third kappa shape index (κ3) is 6.48. The van der Waals surface area contributed by atoms with E-state index in [2.05, 4.69) is 18.2 Å². The van der Waals surface area contributed by atoms with Gasteiger partial charge >= 0.3 is 5.97 Å². The SMILES string of the molecule is CCOC(=O)C=CC=CC=CCc1ccccc1. The van der Waals surface area contributed by atoms with Gasteiger partial charge in [-0.15, -0.1) is 0 Å². The number of rotatable bonds is 6. The highest BCUT2D eigenvalue weighted by atomic mass is 16.5. The van der Waals surface area contributed by atoms with Crippen molar-refractivity contribution >= 4 is 5.97 Å². The van der Waals surface area contributed by atoms with Gasteiger partial charge in [0.2, 0.25) is 0 Å². The van der Waals surface area contributed by atoms with Crippen LogP contribution in [0, 0.1) is 0 Å². The van der Waals surface area contributed by atoms with Crippen molar-refractivity contribution in [1.29, 1.82) is 0 Å². The summed E-state index contributed by atoms with van der Waals surface area (Å²) in [6, 6.07) is 10.2. The molecular formula is C16H18O2. The van der Waals surface area contributed by atoms with Crippen LogP contribution in [0.3, 0.4) is 0 Å². The topological polar surface area (TPSA) is 26.3 Å². The summed E-state index contributed by atoms with van der Waals surface area (Å²) in [5.74, 6) is -0.310. The Bertz CT molecular complexity index is 428. The third-order valence-electron chi connectivity index (χ3n) is 2.18. The predicted octanol–water partition coefficient (Wildman–Crippen LogP) is 3.46. The van der Waals surface area contributed by atoms with Gasteiger partial charge in [0.1, 0.15) is 0 Å². The fourth-order valence-corrected chi connectivity index (χ4v) is 1.35. The summed E-state index contributed by atoms with van der Waals surface area (Å²) >= 11 is 0. The third-order valence-corrected chi connectivity index (χ3v) is 2.18. The van der Waals surface area contributed by atoms with Gasteiger partial charge in [-0.25, -0.2) is 4.79 Å². The number of carbonyl (C=O) groups excluding carboxylic acids is 1. The molecule has 0 N–H and O–H groups in total. The Balaban J connectivity index is 2.26. The molecule has 0 saturated carbocycles. The second-order valence-electron chi connectivity index (χ2n) is 3.61. The summed E-state index contributed by atoms with van der Waals surface area (Å²) in [7, 11) is 0. The number of hydrogen-bond donors (Lipinski definition) is 0. The highest BCUT2D eigenvalue weighted by Gasteiger charge is 1.89. The lowest BCUT2D eigenvalue weighted by Crippen LogP contribution is -1.98. The van der Waals surface area contributed by atoms with Crippen molar-refractivity contribution in [1.82, 2.24) is 0 Å². The molecule has 0 atom stereocenters. The van der Waals surface area contributed by atoms with Crippen molar-refractivity contribution in [2.45, 2.75) is 13.3 Å². The first-order chi connectivity index (χ1) is 8.83. The molecule has 0 amide bonds. The summed E-state index contributed by atoms with van der Waals surface area (Å²) < 4.78 is 4.75. The van der Waals surface area contributed by atoms with Gasteiger partial charge in [0.05, 0.1) is 6.61 Å². The van der Waals surface area contributed by atoms with Crippen LogP contribution in [0.25, 0.3) is 0 Å². The molecule has 0 aliphatic heterocycles. The van der Waals surface area contributed by atoms with E-state index in [0.717, 1.165) is 6.42 Å². The molecule has 0 saturated heterocycles. The maximum absolute atomic E-state index is 11.0. The fourth-order valence-electron chi connectivity index (χ4n) is 1.35. The van der Waals surface area contributed by atoms with Gasteiger partial charge in [-0.2, -0.15) is 0 Å². The van der Waals surface area contributed by atoms with E-state index in [9.17, 15) is 4.79 Å². The van der Waals surface area contributed by atoms with Crippen LogP contribution >= 0.6 is 0 Å². The van der Waals surface area contributed by atoms with Gasteiger partial charge in [-0.05, 0) is 18.9 Å². The van der Waals surface area contributed by atoms with Crippen molar-refractivity contribution < 1.29 is 9.53 Å². The van der Waals surface area contributed by atoms with E-state index >= 15 is 0 Å². The molecule has 0 radical (unpaired) electrons. The smallest absolute Gasteiger partial charge is 0.330 e. The Morgan fingerprint density at radius 2 is 1.83 bits per heavy atom. The van der Waals surface area contributed by atoms with Crippen LogP contribution in [0.4, 0.5) is 0 Å². The minimum atomic E-state index is -0.310. The molecule has 0 fully saturated rings. The summed E-state index contributed by atoms with van der Waals surface area (Å²) in [4.78, 5) is 11.0. The molecule has 2 heteroatoms. The van der Waals surface area contributed by atoms with Gasteiger partial charge in [0.25, 0.3) is 0 Å². The first-order valence-corrected chi connectivity index (χ1v) is 6.03. The Labute approximate surface area is 108 Å². The largest absolute Gasteiger partial charge is 0.463 e. The number of ether oxygens (including phenoxy) is 1. The zero-order valence-electron chi connectivity index (χ0n) is 10.6. The average Bonchev–Trinajstić information content (AvgIpc) is 2.39. The lowest BCUT2D eigenvalue weighted by molar-refractivity contribution is -0.137. The summed E-state index contributed by atoms with van der Waals surface area (Å²) in [6.07, 6.45) is 11.7. The van der Waals surface area contributed by atoms with Gasteiger partial charge < -0.3 is 4.74 Å². The number of esters is 1. The quantitative estimate of drug-likeness (QED) is 0.434. The highest BCUT2D eigenvalue weighted by molar-refractivity contribution is 5.82. The number of carbonyl (C=O) groups is 1. The lowest BCUT2D eigenvalue weighted by atomic mass is 10.1. The van der Waals surface area contributed by atoms with Crippen LogP contribution in [0.15, 0.2) is 66.8 Å². The summed E-state index contributed by atoms with van der Waals surface area (Å²) in [5.41, 5.74) is 1.28. The lowest BCUT2D eigenvalue weighted by Gasteiger charge is -1.93. The van der Waals surface area contributed by atoms with E-state index in [1.807, 2.05) is 30.4 Å². The van der Waals surface area contributed by atoms with Crippen LogP contribution < -0.4 is 0 Å². The molecule has 0 unspecified atom stereocenters. The molecule has 0 heterocycles. The normalized spacial score (nSPS) is 11.6. The van der Waals surface area contributed by atoms with Crippen molar-refractivity contribution in [2.24, 2.45) is 0 Å². The van der Waals surface area contributed by atoms with E-state index in [0.29, 0.717) is 6.61 Å². The molecule has 94 valence electrons. The van der Waals surface area contributed by atoms with Crippen LogP contribution in [-0.2, 0) is 16.0 Å². The van der Waals surface area contributed by atoms with Gasteiger partial charge in [-0.3, -0.25) is 0 Å². The minimum Gasteiger partial charge on any atom is -0.463 e. The Hall–Kier alpha value is -2.09. The van der Waals surface area contributed by atoms with Crippen LogP contribution in [0.1, 0.15) is 12.5 Å². The maximum atomic E-state index is 11.0. The molecule has 0 aliphatic carbocycles. The van der Waals surface area contributed by atoms with E-state index in [4.69, 9.17) is 4.74 Å². The van der Waals surface area contributed by atoms with Crippen LogP contribution in [0.5, 0.6) is 0 Å². The standard InChI is InChI=1S/C16H18O2/c1-2-18-16(17)14-10-5-3-4-7-11-15-12-8-6-9-13-15/h3-10,12-14H,2,11H2,1H3. The van der Waals surface area contributed by atoms with Crippen LogP contribution in [-0.4, -0.2) is 12.6 Å². The molecule has 1 rings (SSSR count). The molecule has 0 bridgehead atoms. The first kappa shape index (κ1) is 14.0. The van der Waals surface area contributed by atoms with Crippen LogP contribution in [0.2, 0.25) is 0 Å². The molecule has 2 nitrogen and oxygen atoms in total. The average molecular weight is 242 g/mol. The predicted molar refractivity (Wildman–Crippen MR) is 74.2 cm³/mol. The van der Waals surface area contributed by atoms with E-state index in [-0.39, 0.29) is 5.97 Å². The minimum absolute atomic E-state index is 0.310. The second-order valence-corrected chi connectivity index (χ2v) is 3.61. The Morgan fingerprint density at radius 3 is 2.56 bits per heavy atom. The zero-order valence-corrected chi connectivity index (χ0v) is 10.6. The Kier molecular flexibility index (Phi) is 6.98. The fraction of sp³-hybridized carbons (Fsp3) is 0.188. The molecule has 1 aromatic rings. The summed E-state index contributed by atoms with van der Waals surface area (Å²) in [5, 5.41) is 0. The Morgan fingerprint density at radius 1 is 1.11 bits per heavy atom. The van der Waals surface area contributed by atoms with Crippen molar-refractivity contribution in [3.05, 3.63) is 72.4 Å². The van der Waals surface area contributed by atoms with E-state index in [1.165, 1.54) is 11.6 Å². The maximum Gasteiger partial charge on any atom is 0.330 e. The molecule has 0 spiro atoms. The van der Waals surface area contributed by atoms with Crippen molar-refractivity contribution in [2.75, 3.05) is 6.61 Å². The monoisotopic (exact) mass is 242 g/mol. The molecule has 18 heavy (non-hydrogen) atoms. The van der Waals surface area contributed by atoms with Crippen molar-refractivity contribution in [3.8, 4) is 0 Å². The van der Waals surface area contributed by atoms with E-state index < -0.39 is 0 Å². The molecular weight excluding hydrogens is 224 g/mol. The molecule has 0 aromatic heterocycles. The number of allylic oxidation sites excluding steroid dienone is 5. The highest BCUT2D eigenvalue weighted by Crippen LogP contribution is 1.99. The van der Waals surface area contributed by atoms with Gasteiger partial charge in [0.15, 0.2) is 0 Å². The van der Waals surface area contributed by atoms with E-state index in [1.54, 1.807) is 19.1 Å². The molecule has 0 aliphatic rings. The van der Waals surface area contributed by atoms with Crippen molar-refractivity contribution in [3.63, 3.8) is 0 Å². The zero-order chi connectivity index (χ0) is 13.1. The van der Waals surface area contributed by atoms with Gasteiger partial charge in [0, 0.05) is 6.08 Å². The second kappa shape index (κ2) is 8.99. The number of hydrogen-bond acceptors (Lipinski definition) is 2.